The Bertz CT molecular complexity index is 585. The smallest absolute Gasteiger partial charge is 0.246 e. The Morgan fingerprint density at radius 3 is 2.63 bits per heavy atom. The molecular weight excluding hydrogens is 242 g/mol. The van der Waals surface area contributed by atoms with Crippen LogP contribution in [0.5, 0.6) is 0 Å². The first kappa shape index (κ1) is 11.8. The second kappa shape index (κ2) is 4.79. The maximum Gasteiger partial charge on any atom is 0.246 e. The second-order valence-electron chi connectivity index (χ2n) is 4.74. The quantitative estimate of drug-likeness (QED) is 0.819. The lowest BCUT2D eigenvalue weighted by molar-refractivity contribution is -0.135. The van der Waals surface area contributed by atoms with Crippen LogP contribution in [0.2, 0.25) is 0 Å². The van der Waals surface area contributed by atoms with Crippen molar-refractivity contribution >= 4 is 5.91 Å². The van der Waals surface area contributed by atoms with E-state index in [1.54, 1.807) is 4.90 Å². The number of nitrogens with zero attached hydrogens (tertiary/aromatic N) is 5. The molecule has 1 fully saturated rings. The number of benzene rings is 1. The van der Waals surface area contributed by atoms with Gasteiger partial charge in [0.05, 0.1) is 0 Å². The molecule has 0 aliphatic carbocycles. The highest BCUT2D eigenvalue weighted by Gasteiger charge is 2.21. The van der Waals surface area contributed by atoms with Gasteiger partial charge in [0.15, 0.2) is 0 Å². The van der Waals surface area contributed by atoms with Crippen molar-refractivity contribution in [1.82, 2.24) is 25.1 Å². The third kappa shape index (κ3) is 2.47. The molecule has 6 heteroatoms. The van der Waals surface area contributed by atoms with Crippen LogP contribution in [-0.4, -0.2) is 44.1 Å². The zero-order chi connectivity index (χ0) is 13.2. The molecule has 2 aromatic rings. The van der Waals surface area contributed by atoms with Crippen LogP contribution < -0.4 is 0 Å². The van der Waals surface area contributed by atoms with Crippen LogP contribution in [0.15, 0.2) is 24.3 Å². The van der Waals surface area contributed by atoms with E-state index in [1.165, 1.54) is 10.4 Å². The molecule has 98 valence electrons. The van der Waals surface area contributed by atoms with Gasteiger partial charge in [-0.2, -0.15) is 4.80 Å². The van der Waals surface area contributed by atoms with Crippen molar-refractivity contribution in [2.75, 3.05) is 13.1 Å². The van der Waals surface area contributed by atoms with Crippen LogP contribution >= 0.6 is 0 Å². The molecule has 1 aliphatic rings. The monoisotopic (exact) mass is 257 g/mol. The lowest BCUT2D eigenvalue weighted by atomic mass is 10.1. The maximum absolute atomic E-state index is 11.8. The number of carbonyl (C=O) groups excluding carboxylic acids is 1. The van der Waals surface area contributed by atoms with E-state index in [9.17, 15) is 4.79 Å². The van der Waals surface area contributed by atoms with E-state index in [4.69, 9.17) is 0 Å². The predicted molar refractivity (Wildman–Crippen MR) is 69.2 cm³/mol. The zero-order valence-electron chi connectivity index (χ0n) is 10.8. The van der Waals surface area contributed by atoms with Gasteiger partial charge in [-0.25, -0.2) is 0 Å². The molecule has 0 saturated carbocycles. The first-order valence-corrected chi connectivity index (χ1v) is 6.35. The van der Waals surface area contributed by atoms with E-state index in [2.05, 4.69) is 15.4 Å². The Labute approximate surface area is 111 Å². The summed E-state index contributed by atoms with van der Waals surface area (Å²) < 4.78 is 0. The predicted octanol–water partition coefficient (Wildman–Crippen LogP) is 0.881. The molecule has 0 bridgehead atoms. The van der Waals surface area contributed by atoms with Crippen LogP contribution in [0.4, 0.5) is 0 Å². The Morgan fingerprint density at radius 1 is 1.26 bits per heavy atom. The van der Waals surface area contributed by atoms with Gasteiger partial charge in [-0.1, -0.05) is 29.8 Å². The Morgan fingerprint density at radius 2 is 2.00 bits per heavy atom. The summed E-state index contributed by atoms with van der Waals surface area (Å²) in [6.45, 7) is 3.88. The van der Waals surface area contributed by atoms with Gasteiger partial charge in [0, 0.05) is 18.7 Å². The highest BCUT2D eigenvalue weighted by molar-refractivity contribution is 5.76. The molecule has 1 aromatic carbocycles. The van der Waals surface area contributed by atoms with Crippen molar-refractivity contribution in [2.45, 2.75) is 19.9 Å². The van der Waals surface area contributed by atoms with Gasteiger partial charge in [-0.05, 0) is 18.6 Å². The summed E-state index contributed by atoms with van der Waals surface area (Å²) >= 11 is 0. The Hall–Kier alpha value is -2.24. The van der Waals surface area contributed by atoms with Crippen LogP contribution in [-0.2, 0) is 11.3 Å². The van der Waals surface area contributed by atoms with Crippen molar-refractivity contribution in [2.24, 2.45) is 0 Å². The molecule has 1 aromatic heterocycles. The molecular formula is C13H15N5O. The van der Waals surface area contributed by atoms with Crippen molar-refractivity contribution in [1.29, 1.82) is 0 Å². The molecule has 19 heavy (non-hydrogen) atoms. The van der Waals surface area contributed by atoms with Crippen LogP contribution in [0.3, 0.4) is 0 Å². The standard InChI is InChI=1S/C13H15N5O/c1-10-3-5-11(6-4-10)13-14-16-18(15-13)9-12(19)17-7-2-8-17/h3-6H,2,7-9H2,1H3. The van der Waals surface area contributed by atoms with E-state index < -0.39 is 0 Å². The number of amides is 1. The lowest BCUT2D eigenvalue weighted by Crippen LogP contribution is -2.43. The van der Waals surface area contributed by atoms with Crippen LogP contribution in [0, 0.1) is 6.92 Å². The molecule has 0 spiro atoms. The van der Waals surface area contributed by atoms with Gasteiger partial charge in [0.2, 0.25) is 11.7 Å². The number of aryl methyl sites for hydroxylation is 1. The molecule has 3 rings (SSSR count). The van der Waals surface area contributed by atoms with Crippen molar-refractivity contribution in [3.05, 3.63) is 29.8 Å². The number of hydrogen-bond donors (Lipinski definition) is 0. The van der Waals surface area contributed by atoms with Gasteiger partial charge >= 0.3 is 0 Å². The van der Waals surface area contributed by atoms with E-state index in [1.807, 2.05) is 31.2 Å². The van der Waals surface area contributed by atoms with Gasteiger partial charge < -0.3 is 4.90 Å². The third-order valence-corrected chi connectivity index (χ3v) is 3.25. The van der Waals surface area contributed by atoms with Gasteiger partial charge in [0.25, 0.3) is 0 Å². The zero-order valence-corrected chi connectivity index (χ0v) is 10.8. The summed E-state index contributed by atoms with van der Waals surface area (Å²) in [6, 6.07) is 7.91. The molecule has 6 nitrogen and oxygen atoms in total. The van der Waals surface area contributed by atoms with E-state index in [-0.39, 0.29) is 12.5 Å². The fourth-order valence-corrected chi connectivity index (χ4v) is 1.92. The number of hydrogen-bond acceptors (Lipinski definition) is 4. The summed E-state index contributed by atoms with van der Waals surface area (Å²) in [5.41, 5.74) is 2.09. The molecule has 0 N–H and O–H groups in total. The normalized spacial score (nSPS) is 14.3. The summed E-state index contributed by atoms with van der Waals surface area (Å²) in [4.78, 5) is 14.9. The number of tetrazole rings is 1. The molecule has 1 aliphatic heterocycles. The van der Waals surface area contributed by atoms with Gasteiger partial charge in [-0.15, -0.1) is 10.2 Å². The molecule has 0 radical (unpaired) electrons. The number of carbonyl (C=O) groups is 1. The van der Waals surface area contributed by atoms with Crippen molar-refractivity contribution < 1.29 is 4.79 Å². The largest absolute Gasteiger partial charge is 0.341 e. The summed E-state index contributed by atoms with van der Waals surface area (Å²) in [5.74, 6) is 0.607. The molecule has 1 saturated heterocycles. The van der Waals surface area contributed by atoms with Crippen molar-refractivity contribution in [3.8, 4) is 11.4 Å². The average Bonchev–Trinajstić information content (AvgIpc) is 2.76. The van der Waals surface area contributed by atoms with Gasteiger partial charge in [-0.3, -0.25) is 4.79 Å². The fraction of sp³-hybridized carbons (Fsp3) is 0.385. The van der Waals surface area contributed by atoms with E-state index in [0.29, 0.717) is 5.82 Å². The highest BCUT2D eigenvalue weighted by Crippen LogP contribution is 2.14. The van der Waals surface area contributed by atoms with Crippen LogP contribution in [0.25, 0.3) is 11.4 Å². The van der Waals surface area contributed by atoms with Gasteiger partial charge in [0.1, 0.15) is 6.54 Å². The summed E-state index contributed by atoms with van der Waals surface area (Å²) in [6.07, 6.45) is 1.09. The average molecular weight is 257 g/mol. The SMILES string of the molecule is Cc1ccc(-c2nnn(CC(=O)N3CCC3)n2)cc1. The summed E-state index contributed by atoms with van der Waals surface area (Å²) in [7, 11) is 0. The Balaban J connectivity index is 1.72. The van der Waals surface area contributed by atoms with E-state index >= 15 is 0 Å². The molecule has 2 heterocycles. The first-order valence-electron chi connectivity index (χ1n) is 6.35. The number of likely N-dealkylation sites (tertiary alicyclic amines) is 1. The first-order chi connectivity index (χ1) is 9.22. The van der Waals surface area contributed by atoms with E-state index in [0.717, 1.165) is 25.1 Å². The lowest BCUT2D eigenvalue weighted by Gasteiger charge is -2.30. The second-order valence-corrected chi connectivity index (χ2v) is 4.74. The summed E-state index contributed by atoms with van der Waals surface area (Å²) in [5, 5.41) is 12.1. The fourth-order valence-electron chi connectivity index (χ4n) is 1.92. The topological polar surface area (TPSA) is 63.9 Å². The van der Waals surface area contributed by atoms with Crippen molar-refractivity contribution in [3.63, 3.8) is 0 Å². The Kier molecular flexibility index (Phi) is 2.98. The third-order valence-electron chi connectivity index (χ3n) is 3.25. The minimum absolute atomic E-state index is 0.0547. The number of aromatic nitrogens is 4. The minimum atomic E-state index is 0.0547. The highest BCUT2D eigenvalue weighted by atomic mass is 16.2. The van der Waals surface area contributed by atoms with Crippen LogP contribution in [0.1, 0.15) is 12.0 Å². The molecule has 0 unspecified atom stereocenters. The molecule has 1 amide bonds. The molecule has 0 atom stereocenters. The maximum atomic E-state index is 11.8. The number of rotatable bonds is 3. The minimum Gasteiger partial charge on any atom is -0.341 e.